The molecule has 9 heteroatoms. The molecule has 1 fully saturated rings. The molecule has 144 valence electrons. The van der Waals surface area contributed by atoms with Gasteiger partial charge in [-0.05, 0) is 31.2 Å². The van der Waals surface area contributed by atoms with Gasteiger partial charge < -0.3 is 14.4 Å². The number of aromatic nitrogens is 5. The van der Waals surface area contributed by atoms with E-state index in [1.165, 1.54) is 7.11 Å². The zero-order valence-electron chi connectivity index (χ0n) is 15.6. The molecule has 1 amide bonds. The molecule has 0 unspecified atom stereocenters. The van der Waals surface area contributed by atoms with E-state index in [0.29, 0.717) is 48.5 Å². The molecule has 4 heterocycles. The summed E-state index contributed by atoms with van der Waals surface area (Å²) in [6.07, 6.45) is 1.69. The molecule has 1 aliphatic heterocycles. The van der Waals surface area contributed by atoms with Gasteiger partial charge in [0, 0.05) is 18.8 Å². The van der Waals surface area contributed by atoms with Gasteiger partial charge in [-0.1, -0.05) is 6.07 Å². The molecule has 0 radical (unpaired) electrons. The molecule has 3 aromatic rings. The minimum Gasteiger partial charge on any atom is -0.480 e. The number of hydrogen-bond donors (Lipinski definition) is 0. The highest BCUT2D eigenvalue weighted by atomic mass is 16.5. The van der Waals surface area contributed by atoms with Crippen LogP contribution in [0.25, 0.3) is 17.2 Å². The second-order valence-electron chi connectivity index (χ2n) is 6.40. The van der Waals surface area contributed by atoms with Crippen molar-refractivity contribution in [1.82, 2.24) is 29.9 Å². The molecule has 1 aliphatic rings. The first-order valence-electron chi connectivity index (χ1n) is 8.95. The van der Waals surface area contributed by atoms with Gasteiger partial charge in [-0.2, -0.15) is 5.10 Å². The minimum atomic E-state index is -0.145. The fourth-order valence-electron chi connectivity index (χ4n) is 3.07. The number of hydrogen-bond acceptors (Lipinski definition) is 7. The maximum absolute atomic E-state index is 13.1. The molecule has 9 nitrogen and oxygen atoms in total. The van der Waals surface area contributed by atoms with Gasteiger partial charge in [-0.3, -0.25) is 9.78 Å². The van der Waals surface area contributed by atoms with Gasteiger partial charge in [0.1, 0.15) is 0 Å². The summed E-state index contributed by atoms with van der Waals surface area (Å²) in [6.45, 7) is 3.54. The van der Waals surface area contributed by atoms with Crippen molar-refractivity contribution in [2.24, 2.45) is 0 Å². The maximum atomic E-state index is 13.1. The number of nitrogens with zero attached hydrogens (tertiary/aromatic N) is 6. The van der Waals surface area contributed by atoms with E-state index >= 15 is 0 Å². The first-order chi connectivity index (χ1) is 13.7. The maximum Gasteiger partial charge on any atom is 0.274 e. The van der Waals surface area contributed by atoms with E-state index in [9.17, 15) is 4.79 Å². The molecule has 1 saturated heterocycles. The van der Waals surface area contributed by atoms with Crippen molar-refractivity contribution in [3.63, 3.8) is 0 Å². The normalized spacial score (nSPS) is 16.8. The van der Waals surface area contributed by atoms with E-state index in [4.69, 9.17) is 9.47 Å². The zero-order chi connectivity index (χ0) is 19.5. The fraction of sp³-hybridized carbons (Fsp3) is 0.316. The largest absolute Gasteiger partial charge is 0.480 e. The summed E-state index contributed by atoms with van der Waals surface area (Å²) < 4.78 is 12.1. The van der Waals surface area contributed by atoms with Gasteiger partial charge in [0.15, 0.2) is 11.5 Å². The lowest BCUT2D eigenvalue weighted by Gasteiger charge is -2.32. The molecule has 0 aliphatic carbocycles. The van der Waals surface area contributed by atoms with Crippen LogP contribution < -0.4 is 4.74 Å². The number of methoxy groups -OCH3 is 1. The Morgan fingerprint density at radius 1 is 1.25 bits per heavy atom. The second-order valence-corrected chi connectivity index (χ2v) is 6.40. The Morgan fingerprint density at radius 3 is 2.82 bits per heavy atom. The smallest absolute Gasteiger partial charge is 0.274 e. The minimum absolute atomic E-state index is 0.00882. The third-order valence-corrected chi connectivity index (χ3v) is 4.54. The topological polar surface area (TPSA) is 95.3 Å². The van der Waals surface area contributed by atoms with Gasteiger partial charge in [-0.25, -0.2) is 4.68 Å². The van der Waals surface area contributed by atoms with E-state index in [2.05, 4.69) is 20.3 Å². The van der Waals surface area contributed by atoms with Crippen molar-refractivity contribution in [1.29, 1.82) is 0 Å². The van der Waals surface area contributed by atoms with Crippen LogP contribution in [0.15, 0.2) is 42.6 Å². The van der Waals surface area contributed by atoms with Gasteiger partial charge in [0.2, 0.25) is 5.88 Å². The average molecular weight is 380 g/mol. The van der Waals surface area contributed by atoms with Crippen LogP contribution in [0, 0.1) is 0 Å². The summed E-state index contributed by atoms with van der Waals surface area (Å²) in [6, 6.07) is 10.7. The Kier molecular flexibility index (Phi) is 4.98. The number of amides is 1. The molecule has 28 heavy (non-hydrogen) atoms. The standard InChI is InChI=1S/C19H20N6O3/c1-13-12-28-10-9-24(13)19(26)15-11-16(14-5-3-4-8-20-14)25(23-15)17-6-7-18(27-2)22-21-17/h3-8,11,13H,9-10,12H2,1-2H3/t13-/m0/s1. The van der Waals surface area contributed by atoms with Crippen LogP contribution in [0.1, 0.15) is 17.4 Å². The first-order valence-corrected chi connectivity index (χ1v) is 8.95. The van der Waals surface area contributed by atoms with E-state index in [-0.39, 0.29) is 11.9 Å². The lowest BCUT2D eigenvalue weighted by Crippen LogP contribution is -2.47. The highest BCUT2D eigenvalue weighted by Crippen LogP contribution is 2.23. The van der Waals surface area contributed by atoms with Gasteiger partial charge in [0.25, 0.3) is 5.91 Å². The molecule has 3 aromatic heterocycles. The summed E-state index contributed by atoms with van der Waals surface area (Å²) in [5, 5.41) is 12.7. The third kappa shape index (κ3) is 3.44. The summed E-state index contributed by atoms with van der Waals surface area (Å²) >= 11 is 0. The Bertz CT molecular complexity index is 958. The predicted octanol–water partition coefficient (Wildman–Crippen LogP) is 1.59. The van der Waals surface area contributed by atoms with Crippen molar-refractivity contribution < 1.29 is 14.3 Å². The summed E-state index contributed by atoms with van der Waals surface area (Å²) in [7, 11) is 1.52. The molecule has 4 rings (SSSR count). The van der Waals surface area contributed by atoms with E-state index < -0.39 is 0 Å². The summed E-state index contributed by atoms with van der Waals surface area (Å²) in [5.74, 6) is 0.720. The SMILES string of the molecule is COc1ccc(-n2nc(C(=O)N3CCOC[C@@H]3C)cc2-c2ccccn2)nn1. The van der Waals surface area contributed by atoms with E-state index in [1.54, 1.807) is 34.0 Å². The number of morpholine rings is 1. The highest BCUT2D eigenvalue weighted by molar-refractivity contribution is 5.93. The van der Waals surface area contributed by atoms with Crippen molar-refractivity contribution in [3.8, 4) is 23.1 Å². The lowest BCUT2D eigenvalue weighted by atomic mass is 10.2. The molecule has 0 saturated carbocycles. The predicted molar refractivity (Wildman–Crippen MR) is 100 cm³/mol. The van der Waals surface area contributed by atoms with Crippen molar-refractivity contribution in [3.05, 3.63) is 48.3 Å². The fourth-order valence-corrected chi connectivity index (χ4v) is 3.07. The molecule has 0 N–H and O–H groups in total. The zero-order valence-corrected chi connectivity index (χ0v) is 15.6. The Labute approximate surface area is 161 Å². The molecule has 0 spiro atoms. The monoisotopic (exact) mass is 380 g/mol. The van der Waals surface area contributed by atoms with Crippen molar-refractivity contribution in [2.45, 2.75) is 13.0 Å². The van der Waals surface area contributed by atoms with Gasteiger partial charge in [-0.15, -0.1) is 10.2 Å². The van der Waals surface area contributed by atoms with Crippen LogP contribution in [-0.4, -0.2) is 68.7 Å². The Morgan fingerprint density at radius 2 is 2.14 bits per heavy atom. The van der Waals surface area contributed by atoms with Crippen LogP contribution in [0.4, 0.5) is 0 Å². The first kappa shape index (κ1) is 18.1. The molecular weight excluding hydrogens is 360 g/mol. The lowest BCUT2D eigenvalue weighted by molar-refractivity contribution is 0.00325. The van der Waals surface area contributed by atoms with Crippen LogP contribution in [0.5, 0.6) is 5.88 Å². The molecule has 0 aromatic carbocycles. The number of pyridine rings is 1. The highest BCUT2D eigenvalue weighted by Gasteiger charge is 2.28. The number of rotatable bonds is 4. The van der Waals surface area contributed by atoms with Crippen molar-refractivity contribution >= 4 is 5.91 Å². The quantitative estimate of drug-likeness (QED) is 0.678. The van der Waals surface area contributed by atoms with E-state index in [1.807, 2.05) is 25.1 Å². The van der Waals surface area contributed by atoms with E-state index in [0.717, 1.165) is 0 Å². The molecular formula is C19H20N6O3. The number of ether oxygens (including phenoxy) is 2. The van der Waals surface area contributed by atoms with Crippen LogP contribution in [-0.2, 0) is 4.74 Å². The Balaban J connectivity index is 1.76. The average Bonchev–Trinajstić information content (AvgIpc) is 3.20. The number of carbonyl (C=O) groups is 1. The van der Waals surface area contributed by atoms with Crippen LogP contribution in [0.2, 0.25) is 0 Å². The molecule has 1 atom stereocenters. The molecule has 0 bridgehead atoms. The summed E-state index contributed by atoms with van der Waals surface area (Å²) in [4.78, 5) is 19.2. The second kappa shape index (κ2) is 7.73. The number of carbonyl (C=O) groups excluding carboxylic acids is 1. The Hall–Kier alpha value is -3.33. The van der Waals surface area contributed by atoms with Crippen LogP contribution >= 0.6 is 0 Å². The van der Waals surface area contributed by atoms with Crippen LogP contribution in [0.3, 0.4) is 0 Å². The van der Waals surface area contributed by atoms with Crippen molar-refractivity contribution in [2.75, 3.05) is 26.9 Å². The van der Waals surface area contributed by atoms with Gasteiger partial charge in [0.05, 0.1) is 37.8 Å². The van der Waals surface area contributed by atoms with Gasteiger partial charge >= 0.3 is 0 Å². The summed E-state index contributed by atoms with van der Waals surface area (Å²) in [5.41, 5.74) is 1.66. The third-order valence-electron chi connectivity index (χ3n) is 4.54.